The van der Waals surface area contributed by atoms with Gasteiger partial charge in [0.05, 0.1) is 12.2 Å². The summed E-state index contributed by atoms with van der Waals surface area (Å²) in [7, 11) is 0. The third-order valence-electron chi connectivity index (χ3n) is 3.08. The van der Waals surface area contributed by atoms with Crippen LogP contribution in [0.4, 0.5) is 0 Å². The minimum Gasteiger partial charge on any atom is -0.463 e. The number of esters is 1. The first-order valence-corrected chi connectivity index (χ1v) is 7.26. The van der Waals surface area contributed by atoms with Crippen LogP contribution in [-0.2, 0) is 14.3 Å². The maximum absolute atomic E-state index is 11.6. The van der Waals surface area contributed by atoms with Crippen molar-refractivity contribution in [2.24, 2.45) is 17.6 Å². The molecule has 1 unspecified atom stereocenters. The van der Waals surface area contributed by atoms with Crippen molar-refractivity contribution in [1.82, 2.24) is 0 Å². The standard InChI is InChI=1S/C15H31NO3/c1-12(2)13(8-9-16)6-7-14(17)18-10-11-19-15(3,4)5/h12-13H,6-11,16H2,1-5H3. The fraction of sp³-hybridized carbons (Fsp3) is 0.933. The molecule has 0 saturated heterocycles. The molecule has 0 fully saturated rings. The number of ether oxygens (including phenoxy) is 2. The van der Waals surface area contributed by atoms with Crippen molar-refractivity contribution in [3.63, 3.8) is 0 Å². The molecule has 0 bridgehead atoms. The average molecular weight is 273 g/mol. The van der Waals surface area contributed by atoms with Gasteiger partial charge >= 0.3 is 5.97 Å². The van der Waals surface area contributed by atoms with E-state index >= 15 is 0 Å². The summed E-state index contributed by atoms with van der Waals surface area (Å²) in [6.07, 6.45) is 2.30. The molecule has 0 rings (SSSR count). The summed E-state index contributed by atoms with van der Waals surface area (Å²) in [5.74, 6) is 0.920. The molecule has 0 aliphatic rings. The second-order valence-electron chi connectivity index (χ2n) is 6.30. The van der Waals surface area contributed by atoms with E-state index in [1.54, 1.807) is 0 Å². The number of hydrogen-bond donors (Lipinski definition) is 1. The van der Waals surface area contributed by atoms with E-state index in [4.69, 9.17) is 15.2 Å². The molecular weight excluding hydrogens is 242 g/mol. The topological polar surface area (TPSA) is 61.6 Å². The number of hydrogen-bond acceptors (Lipinski definition) is 4. The fourth-order valence-electron chi connectivity index (χ4n) is 1.90. The van der Waals surface area contributed by atoms with Crippen LogP contribution in [0.5, 0.6) is 0 Å². The molecule has 1 atom stereocenters. The van der Waals surface area contributed by atoms with Crippen molar-refractivity contribution < 1.29 is 14.3 Å². The van der Waals surface area contributed by atoms with Crippen LogP contribution in [0.1, 0.15) is 53.9 Å². The lowest BCUT2D eigenvalue weighted by Gasteiger charge is -2.20. The zero-order valence-corrected chi connectivity index (χ0v) is 13.2. The highest BCUT2D eigenvalue weighted by Gasteiger charge is 2.15. The summed E-state index contributed by atoms with van der Waals surface area (Å²) in [5, 5.41) is 0. The maximum Gasteiger partial charge on any atom is 0.305 e. The number of nitrogens with two attached hydrogens (primary N) is 1. The number of carbonyl (C=O) groups excluding carboxylic acids is 1. The summed E-state index contributed by atoms with van der Waals surface area (Å²) in [5.41, 5.74) is 5.40. The lowest BCUT2D eigenvalue weighted by atomic mass is 9.88. The molecule has 4 nitrogen and oxygen atoms in total. The Balaban J connectivity index is 3.74. The zero-order chi connectivity index (χ0) is 14.9. The molecule has 0 aromatic rings. The maximum atomic E-state index is 11.6. The summed E-state index contributed by atoms with van der Waals surface area (Å²) >= 11 is 0. The quantitative estimate of drug-likeness (QED) is 0.518. The third-order valence-corrected chi connectivity index (χ3v) is 3.08. The van der Waals surface area contributed by atoms with Crippen molar-refractivity contribution >= 4 is 5.97 Å². The van der Waals surface area contributed by atoms with Gasteiger partial charge in [-0.2, -0.15) is 0 Å². The van der Waals surface area contributed by atoms with E-state index in [9.17, 15) is 4.79 Å². The Labute approximate surface area is 118 Å². The van der Waals surface area contributed by atoms with Crippen LogP contribution in [0.15, 0.2) is 0 Å². The Morgan fingerprint density at radius 2 is 1.79 bits per heavy atom. The Morgan fingerprint density at radius 1 is 1.16 bits per heavy atom. The van der Waals surface area contributed by atoms with Crippen LogP contribution in [0.3, 0.4) is 0 Å². The lowest BCUT2D eigenvalue weighted by molar-refractivity contribution is -0.147. The van der Waals surface area contributed by atoms with Gasteiger partial charge in [0.2, 0.25) is 0 Å². The van der Waals surface area contributed by atoms with Gasteiger partial charge in [0, 0.05) is 6.42 Å². The lowest BCUT2D eigenvalue weighted by Crippen LogP contribution is -2.23. The first-order chi connectivity index (χ1) is 8.76. The number of rotatable bonds is 9. The van der Waals surface area contributed by atoms with Gasteiger partial charge in [-0.3, -0.25) is 4.79 Å². The Bertz CT molecular complexity index is 246. The molecule has 0 aliphatic carbocycles. The van der Waals surface area contributed by atoms with Gasteiger partial charge in [0.1, 0.15) is 6.61 Å². The molecule has 0 heterocycles. The third kappa shape index (κ3) is 11.0. The molecule has 4 heteroatoms. The number of carbonyl (C=O) groups is 1. The molecule has 0 spiro atoms. The van der Waals surface area contributed by atoms with Gasteiger partial charge in [-0.05, 0) is 52.0 Å². The smallest absolute Gasteiger partial charge is 0.305 e. The van der Waals surface area contributed by atoms with Crippen LogP contribution in [0.25, 0.3) is 0 Å². The molecule has 19 heavy (non-hydrogen) atoms. The molecule has 2 N–H and O–H groups in total. The van der Waals surface area contributed by atoms with Crippen LogP contribution < -0.4 is 5.73 Å². The van der Waals surface area contributed by atoms with E-state index < -0.39 is 0 Å². The molecule has 0 aromatic carbocycles. The summed E-state index contributed by atoms with van der Waals surface area (Å²) < 4.78 is 10.6. The van der Waals surface area contributed by atoms with Gasteiger partial charge in [-0.25, -0.2) is 0 Å². The van der Waals surface area contributed by atoms with Gasteiger partial charge in [-0.1, -0.05) is 13.8 Å². The van der Waals surface area contributed by atoms with Crippen LogP contribution in [0.2, 0.25) is 0 Å². The SMILES string of the molecule is CC(C)C(CCN)CCC(=O)OCCOC(C)(C)C. The average Bonchev–Trinajstić information content (AvgIpc) is 2.28. The van der Waals surface area contributed by atoms with Crippen LogP contribution >= 0.6 is 0 Å². The first-order valence-electron chi connectivity index (χ1n) is 7.26. The van der Waals surface area contributed by atoms with E-state index in [0.29, 0.717) is 38.0 Å². The monoisotopic (exact) mass is 273 g/mol. The van der Waals surface area contributed by atoms with Crippen LogP contribution in [-0.4, -0.2) is 31.3 Å². The van der Waals surface area contributed by atoms with Gasteiger partial charge in [0.25, 0.3) is 0 Å². The predicted molar refractivity (Wildman–Crippen MR) is 77.9 cm³/mol. The predicted octanol–water partition coefficient (Wildman–Crippen LogP) is 2.75. The largest absolute Gasteiger partial charge is 0.463 e. The van der Waals surface area contributed by atoms with E-state index in [1.807, 2.05) is 20.8 Å². The zero-order valence-electron chi connectivity index (χ0n) is 13.2. The highest BCUT2D eigenvalue weighted by Crippen LogP contribution is 2.20. The normalized spacial score (nSPS) is 13.6. The van der Waals surface area contributed by atoms with Crippen molar-refractivity contribution in [1.29, 1.82) is 0 Å². The fourth-order valence-corrected chi connectivity index (χ4v) is 1.90. The highest BCUT2D eigenvalue weighted by molar-refractivity contribution is 5.69. The highest BCUT2D eigenvalue weighted by atomic mass is 16.6. The Kier molecular flexibility index (Phi) is 9.02. The van der Waals surface area contributed by atoms with E-state index in [2.05, 4.69) is 13.8 Å². The molecule has 0 aromatic heterocycles. The van der Waals surface area contributed by atoms with Crippen molar-refractivity contribution in [3.05, 3.63) is 0 Å². The van der Waals surface area contributed by atoms with E-state index in [-0.39, 0.29) is 11.6 Å². The van der Waals surface area contributed by atoms with Gasteiger partial charge in [0.15, 0.2) is 0 Å². The Hall–Kier alpha value is -0.610. The second-order valence-corrected chi connectivity index (χ2v) is 6.30. The summed E-state index contributed by atoms with van der Waals surface area (Å²) in [6.45, 7) is 11.7. The Morgan fingerprint density at radius 3 is 2.26 bits per heavy atom. The molecular formula is C15H31NO3. The molecule has 114 valence electrons. The van der Waals surface area contributed by atoms with Crippen molar-refractivity contribution in [2.75, 3.05) is 19.8 Å². The molecule has 0 aliphatic heterocycles. The minimum absolute atomic E-state index is 0.139. The van der Waals surface area contributed by atoms with E-state index in [0.717, 1.165) is 12.8 Å². The first kappa shape index (κ1) is 18.4. The summed E-state index contributed by atoms with van der Waals surface area (Å²) in [4.78, 5) is 11.6. The van der Waals surface area contributed by atoms with Crippen molar-refractivity contribution in [3.8, 4) is 0 Å². The van der Waals surface area contributed by atoms with E-state index in [1.165, 1.54) is 0 Å². The minimum atomic E-state index is -0.184. The molecule has 0 amide bonds. The van der Waals surface area contributed by atoms with Gasteiger partial charge < -0.3 is 15.2 Å². The van der Waals surface area contributed by atoms with Crippen LogP contribution in [0, 0.1) is 11.8 Å². The molecule has 0 radical (unpaired) electrons. The van der Waals surface area contributed by atoms with Gasteiger partial charge in [-0.15, -0.1) is 0 Å². The molecule has 0 saturated carbocycles. The summed E-state index contributed by atoms with van der Waals surface area (Å²) in [6, 6.07) is 0. The van der Waals surface area contributed by atoms with Crippen molar-refractivity contribution in [2.45, 2.75) is 59.5 Å². The second kappa shape index (κ2) is 9.32.